The summed E-state index contributed by atoms with van der Waals surface area (Å²) < 4.78 is 11.6. The van der Waals surface area contributed by atoms with E-state index >= 15 is 0 Å². The van der Waals surface area contributed by atoms with Gasteiger partial charge in [-0.25, -0.2) is 0 Å². The maximum Gasteiger partial charge on any atom is 0.199 e. The van der Waals surface area contributed by atoms with Gasteiger partial charge in [0, 0.05) is 19.6 Å². The molecule has 1 heterocycles. The summed E-state index contributed by atoms with van der Waals surface area (Å²) in [5.41, 5.74) is 1.98. The second kappa shape index (κ2) is 5.87. The van der Waals surface area contributed by atoms with Crippen molar-refractivity contribution in [2.75, 3.05) is 20.3 Å². The van der Waals surface area contributed by atoms with E-state index in [-0.39, 0.29) is 0 Å². The number of hydrogen-bond acceptors (Lipinski definition) is 3. The molecule has 0 unspecified atom stereocenters. The van der Waals surface area contributed by atoms with E-state index in [2.05, 4.69) is 0 Å². The maximum atomic E-state index is 11.7. The monoisotopic (exact) mass is 237 g/mol. The summed E-state index contributed by atoms with van der Waals surface area (Å²) >= 11 is 0. The Labute approximate surface area is 102 Å². The SMILES string of the molecule is COCCOc1cc[n+]([O-])c2c1CCCCC2. The molecule has 0 fully saturated rings. The minimum absolute atomic E-state index is 0.534. The van der Waals surface area contributed by atoms with Gasteiger partial charge in [0.25, 0.3) is 0 Å². The van der Waals surface area contributed by atoms with E-state index in [1.165, 1.54) is 6.42 Å². The molecule has 0 saturated heterocycles. The van der Waals surface area contributed by atoms with Crippen LogP contribution in [0.5, 0.6) is 5.75 Å². The molecule has 4 heteroatoms. The zero-order valence-electron chi connectivity index (χ0n) is 10.3. The minimum atomic E-state index is 0.534. The van der Waals surface area contributed by atoms with Gasteiger partial charge in [-0.05, 0) is 19.3 Å². The van der Waals surface area contributed by atoms with Crippen LogP contribution in [0.3, 0.4) is 0 Å². The summed E-state index contributed by atoms with van der Waals surface area (Å²) in [4.78, 5) is 0. The summed E-state index contributed by atoms with van der Waals surface area (Å²) in [6, 6.07) is 1.77. The van der Waals surface area contributed by atoms with Crippen LogP contribution in [-0.2, 0) is 17.6 Å². The number of hydrogen-bond donors (Lipinski definition) is 0. The Bertz CT molecular complexity index is 379. The van der Waals surface area contributed by atoms with Crippen LogP contribution in [-0.4, -0.2) is 20.3 Å². The van der Waals surface area contributed by atoms with Crippen LogP contribution in [0.1, 0.15) is 30.5 Å². The van der Waals surface area contributed by atoms with Crippen molar-refractivity contribution in [3.63, 3.8) is 0 Å². The highest BCUT2D eigenvalue weighted by atomic mass is 16.5. The predicted octanol–water partition coefficient (Wildman–Crippen LogP) is 1.61. The van der Waals surface area contributed by atoms with Crippen molar-refractivity contribution in [1.29, 1.82) is 0 Å². The molecule has 1 aliphatic carbocycles. The number of methoxy groups -OCH3 is 1. The van der Waals surface area contributed by atoms with E-state index in [0.717, 1.165) is 47.4 Å². The first-order valence-corrected chi connectivity index (χ1v) is 6.18. The van der Waals surface area contributed by atoms with Crippen LogP contribution < -0.4 is 9.47 Å². The van der Waals surface area contributed by atoms with E-state index in [1.54, 1.807) is 19.4 Å². The standard InChI is InChI=1S/C13H19NO3/c1-16-9-10-17-13-7-8-14(15)12-6-4-2-3-5-11(12)13/h7-8H,2-6,9-10H2,1H3. The van der Waals surface area contributed by atoms with Crippen LogP contribution >= 0.6 is 0 Å². The summed E-state index contributed by atoms with van der Waals surface area (Å²) in [7, 11) is 1.65. The number of aromatic nitrogens is 1. The molecule has 94 valence electrons. The van der Waals surface area contributed by atoms with E-state index in [4.69, 9.17) is 9.47 Å². The fourth-order valence-electron chi connectivity index (χ4n) is 2.27. The first-order chi connectivity index (χ1) is 8.33. The quantitative estimate of drug-likeness (QED) is 0.346. The highest BCUT2D eigenvalue weighted by Gasteiger charge is 2.20. The minimum Gasteiger partial charge on any atom is -0.618 e. The van der Waals surface area contributed by atoms with E-state index in [0.29, 0.717) is 13.2 Å². The Morgan fingerprint density at radius 1 is 1.24 bits per heavy atom. The molecule has 0 amide bonds. The number of pyridine rings is 1. The average molecular weight is 237 g/mol. The van der Waals surface area contributed by atoms with Crippen LogP contribution in [0.4, 0.5) is 0 Å². The average Bonchev–Trinajstić information content (AvgIpc) is 2.58. The van der Waals surface area contributed by atoms with Gasteiger partial charge in [-0.1, -0.05) is 6.42 Å². The predicted molar refractivity (Wildman–Crippen MR) is 64.0 cm³/mol. The van der Waals surface area contributed by atoms with Crippen LogP contribution in [0.15, 0.2) is 12.3 Å². The van der Waals surface area contributed by atoms with Crippen molar-refractivity contribution in [2.45, 2.75) is 32.1 Å². The highest BCUT2D eigenvalue weighted by molar-refractivity contribution is 5.34. The van der Waals surface area contributed by atoms with Gasteiger partial charge < -0.3 is 14.7 Å². The van der Waals surface area contributed by atoms with Crippen LogP contribution in [0.25, 0.3) is 0 Å². The van der Waals surface area contributed by atoms with Gasteiger partial charge in [-0.3, -0.25) is 0 Å². The van der Waals surface area contributed by atoms with Gasteiger partial charge in [0.05, 0.1) is 12.2 Å². The van der Waals surface area contributed by atoms with E-state index in [9.17, 15) is 5.21 Å². The van der Waals surface area contributed by atoms with Crippen molar-refractivity contribution in [1.82, 2.24) is 0 Å². The van der Waals surface area contributed by atoms with Crippen molar-refractivity contribution in [3.05, 3.63) is 28.7 Å². The number of fused-ring (bicyclic) bond motifs is 1. The Kier molecular flexibility index (Phi) is 4.20. The van der Waals surface area contributed by atoms with Gasteiger partial charge in [0.15, 0.2) is 11.9 Å². The first kappa shape index (κ1) is 12.2. The van der Waals surface area contributed by atoms with Gasteiger partial charge >= 0.3 is 0 Å². The fourth-order valence-corrected chi connectivity index (χ4v) is 2.27. The second-order valence-corrected chi connectivity index (χ2v) is 4.33. The van der Waals surface area contributed by atoms with E-state index in [1.807, 2.05) is 0 Å². The van der Waals surface area contributed by atoms with Gasteiger partial charge in [-0.2, -0.15) is 4.73 Å². The zero-order chi connectivity index (χ0) is 12.1. The Morgan fingerprint density at radius 3 is 2.88 bits per heavy atom. The third kappa shape index (κ3) is 2.88. The molecule has 17 heavy (non-hydrogen) atoms. The number of nitrogens with zero attached hydrogens (tertiary/aromatic N) is 1. The number of rotatable bonds is 4. The molecule has 1 aromatic heterocycles. The summed E-state index contributed by atoms with van der Waals surface area (Å²) in [5, 5.41) is 11.7. The lowest BCUT2D eigenvalue weighted by Gasteiger charge is -2.13. The summed E-state index contributed by atoms with van der Waals surface area (Å²) in [6.07, 6.45) is 6.77. The summed E-state index contributed by atoms with van der Waals surface area (Å²) in [5.74, 6) is 0.853. The second-order valence-electron chi connectivity index (χ2n) is 4.33. The van der Waals surface area contributed by atoms with Crippen LogP contribution in [0.2, 0.25) is 0 Å². The highest BCUT2D eigenvalue weighted by Crippen LogP contribution is 2.26. The van der Waals surface area contributed by atoms with Gasteiger partial charge in [0.1, 0.15) is 12.4 Å². The van der Waals surface area contributed by atoms with Crippen molar-refractivity contribution in [3.8, 4) is 5.75 Å². The van der Waals surface area contributed by atoms with E-state index < -0.39 is 0 Å². The third-order valence-electron chi connectivity index (χ3n) is 3.16. The molecule has 1 aliphatic rings. The topological polar surface area (TPSA) is 45.4 Å². The zero-order valence-corrected chi connectivity index (χ0v) is 10.3. The largest absolute Gasteiger partial charge is 0.618 e. The molecule has 1 aromatic rings. The normalized spacial score (nSPS) is 15.1. The third-order valence-corrected chi connectivity index (χ3v) is 3.16. The lowest BCUT2D eigenvalue weighted by atomic mass is 10.1. The molecule has 0 bridgehead atoms. The smallest absolute Gasteiger partial charge is 0.199 e. The van der Waals surface area contributed by atoms with Crippen molar-refractivity contribution in [2.24, 2.45) is 0 Å². The molecular weight excluding hydrogens is 218 g/mol. The Morgan fingerprint density at radius 2 is 2.06 bits per heavy atom. The lowest BCUT2D eigenvalue weighted by molar-refractivity contribution is -0.614. The Balaban J connectivity index is 2.20. The lowest BCUT2D eigenvalue weighted by Crippen LogP contribution is -2.32. The van der Waals surface area contributed by atoms with Gasteiger partial charge in [0.2, 0.25) is 0 Å². The molecule has 0 aliphatic heterocycles. The molecule has 0 N–H and O–H groups in total. The molecule has 0 spiro atoms. The molecule has 4 nitrogen and oxygen atoms in total. The first-order valence-electron chi connectivity index (χ1n) is 6.18. The molecule has 0 saturated carbocycles. The molecule has 0 aromatic carbocycles. The summed E-state index contributed by atoms with van der Waals surface area (Å²) in [6.45, 7) is 1.10. The molecule has 2 rings (SSSR count). The number of ether oxygens (including phenoxy) is 2. The van der Waals surface area contributed by atoms with Crippen molar-refractivity contribution >= 4 is 0 Å². The molecule has 0 atom stereocenters. The fraction of sp³-hybridized carbons (Fsp3) is 0.615. The molecule has 0 radical (unpaired) electrons. The Hall–Kier alpha value is -1.29. The van der Waals surface area contributed by atoms with Gasteiger partial charge in [-0.15, -0.1) is 0 Å². The maximum absolute atomic E-state index is 11.7. The van der Waals surface area contributed by atoms with Crippen LogP contribution in [0, 0.1) is 5.21 Å². The van der Waals surface area contributed by atoms with Crippen molar-refractivity contribution < 1.29 is 14.2 Å². The molecular formula is C13H19NO3.